The number of nitrogens with zero attached hydrogens (tertiary/aromatic N) is 5. The summed E-state index contributed by atoms with van der Waals surface area (Å²) in [5, 5.41) is 11.9. The Hall–Kier alpha value is -2.94. The second kappa shape index (κ2) is 9.51. The Kier molecular flexibility index (Phi) is 6.82. The van der Waals surface area contributed by atoms with E-state index in [1.54, 1.807) is 11.8 Å². The maximum absolute atomic E-state index is 12.6. The van der Waals surface area contributed by atoms with Gasteiger partial charge in [-0.1, -0.05) is 23.9 Å². The van der Waals surface area contributed by atoms with E-state index in [1.807, 2.05) is 51.1 Å². The zero-order valence-corrected chi connectivity index (χ0v) is 17.8. The number of aryl methyl sites for hydroxylation is 2. The second-order valence-electron chi connectivity index (χ2n) is 6.47. The fourth-order valence-electron chi connectivity index (χ4n) is 2.75. The molecule has 0 bridgehead atoms. The molecule has 0 radical (unpaired) electrons. The normalized spacial score (nSPS) is 10.8. The number of hydrogen-bond donors (Lipinski definition) is 1. The first-order valence-electron chi connectivity index (χ1n) is 9.34. The number of aromatic nitrogens is 5. The number of thioether (sulfide) groups is 1. The quantitative estimate of drug-likeness (QED) is 0.449. The zero-order chi connectivity index (χ0) is 20.8. The number of carbonyl (C=O) groups excluding carboxylic acids is 1. The van der Waals surface area contributed by atoms with Crippen LogP contribution in [0.15, 0.2) is 35.5 Å². The molecule has 0 aliphatic heterocycles. The molecule has 1 amide bonds. The number of hydrogen-bond acceptors (Lipinski definition) is 7. The van der Waals surface area contributed by atoms with Crippen LogP contribution in [0.25, 0.3) is 5.69 Å². The topological polar surface area (TPSA) is 94.8 Å². The minimum absolute atomic E-state index is 0.233. The summed E-state index contributed by atoms with van der Waals surface area (Å²) in [5.74, 6) is 0.967. The van der Waals surface area contributed by atoms with Crippen LogP contribution in [-0.4, -0.2) is 44.5 Å². The Morgan fingerprint density at radius 2 is 1.86 bits per heavy atom. The van der Waals surface area contributed by atoms with E-state index in [0.717, 1.165) is 29.2 Å². The maximum Gasteiger partial charge on any atom is 0.273 e. The van der Waals surface area contributed by atoms with Crippen LogP contribution in [0.5, 0.6) is 5.75 Å². The molecule has 1 N–H and O–H groups in total. The predicted molar refractivity (Wildman–Crippen MR) is 112 cm³/mol. The monoisotopic (exact) mass is 412 g/mol. The van der Waals surface area contributed by atoms with E-state index in [-0.39, 0.29) is 5.91 Å². The third-order valence-electron chi connectivity index (χ3n) is 4.13. The average Bonchev–Trinajstić information content (AvgIpc) is 3.14. The first-order valence-corrected chi connectivity index (χ1v) is 10.3. The zero-order valence-electron chi connectivity index (χ0n) is 17.0. The standard InChI is InChI=1S/C20H24N6O2S/c1-5-10-21-19(27)18-17(12-29-20-22-13(2)11-14(3)23-20)26(25-24-18)15-6-8-16(28-4)9-7-15/h6-9,11H,5,10,12H2,1-4H3,(H,21,27). The number of ether oxygens (including phenoxy) is 1. The van der Waals surface area contributed by atoms with Gasteiger partial charge in [-0.15, -0.1) is 5.10 Å². The van der Waals surface area contributed by atoms with Gasteiger partial charge in [-0.25, -0.2) is 14.6 Å². The van der Waals surface area contributed by atoms with Crippen molar-refractivity contribution in [3.05, 3.63) is 53.1 Å². The van der Waals surface area contributed by atoms with E-state index in [4.69, 9.17) is 4.74 Å². The van der Waals surface area contributed by atoms with E-state index in [0.29, 0.717) is 28.8 Å². The van der Waals surface area contributed by atoms with Gasteiger partial charge in [0.1, 0.15) is 5.75 Å². The van der Waals surface area contributed by atoms with Crippen molar-refractivity contribution in [2.45, 2.75) is 38.1 Å². The van der Waals surface area contributed by atoms with Gasteiger partial charge in [0.15, 0.2) is 10.9 Å². The van der Waals surface area contributed by atoms with Crippen LogP contribution in [0, 0.1) is 13.8 Å². The lowest BCUT2D eigenvalue weighted by Gasteiger charge is -2.09. The summed E-state index contributed by atoms with van der Waals surface area (Å²) in [6.45, 7) is 6.46. The summed E-state index contributed by atoms with van der Waals surface area (Å²) in [6.07, 6.45) is 0.846. The molecular formula is C20H24N6O2S. The van der Waals surface area contributed by atoms with Crippen molar-refractivity contribution in [1.29, 1.82) is 0 Å². The number of carbonyl (C=O) groups is 1. The van der Waals surface area contributed by atoms with E-state index in [1.165, 1.54) is 11.8 Å². The molecule has 0 atom stereocenters. The summed E-state index contributed by atoms with van der Waals surface area (Å²) in [5.41, 5.74) is 3.61. The average molecular weight is 413 g/mol. The summed E-state index contributed by atoms with van der Waals surface area (Å²) >= 11 is 1.45. The molecule has 0 saturated heterocycles. The smallest absolute Gasteiger partial charge is 0.273 e. The molecule has 0 aliphatic rings. The Morgan fingerprint density at radius 3 is 2.48 bits per heavy atom. The van der Waals surface area contributed by atoms with E-state index < -0.39 is 0 Å². The van der Waals surface area contributed by atoms with Crippen LogP contribution in [0.3, 0.4) is 0 Å². The molecule has 3 rings (SSSR count). The van der Waals surface area contributed by atoms with Gasteiger partial charge >= 0.3 is 0 Å². The highest BCUT2D eigenvalue weighted by molar-refractivity contribution is 7.98. The molecule has 1 aromatic carbocycles. The fraction of sp³-hybridized carbons (Fsp3) is 0.350. The summed E-state index contributed by atoms with van der Waals surface area (Å²) in [6, 6.07) is 9.37. The highest BCUT2D eigenvalue weighted by Crippen LogP contribution is 2.24. The van der Waals surface area contributed by atoms with Crippen molar-refractivity contribution in [3.63, 3.8) is 0 Å². The van der Waals surface area contributed by atoms with Gasteiger partial charge in [-0.05, 0) is 50.6 Å². The number of methoxy groups -OCH3 is 1. The Bertz CT molecular complexity index is 967. The molecule has 0 spiro atoms. The molecule has 29 heavy (non-hydrogen) atoms. The van der Waals surface area contributed by atoms with Gasteiger partial charge < -0.3 is 10.1 Å². The fourth-order valence-corrected chi connectivity index (χ4v) is 3.69. The minimum atomic E-state index is -0.233. The van der Waals surface area contributed by atoms with Crippen molar-refractivity contribution in [3.8, 4) is 11.4 Å². The van der Waals surface area contributed by atoms with Crippen molar-refractivity contribution >= 4 is 17.7 Å². The lowest BCUT2D eigenvalue weighted by Crippen LogP contribution is -2.25. The van der Waals surface area contributed by atoms with Gasteiger partial charge in [0.2, 0.25) is 0 Å². The predicted octanol–water partition coefficient (Wildman–Crippen LogP) is 3.11. The molecule has 0 unspecified atom stereocenters. The molecule has 0 saturated carbocycles. The van der Waals surface area contributed by atoms with Crippen LogP contribution >= 0.6 is 11.8 Å². The maximum atomic E-state index is 12.6. The summed E-state index contributed by atoms with van der Waals surface area (Å²) in [4.78, 5) is 21.5. The third-order valence-corrected chi connectivity index (χ3v) is 4.99. The SMILES string of the molecule is CCCNC(=O)c1nnn(-c2ccc(OC)cc2)c1CSc1nc(C)cc(C)n1. The summed E-state index contributed by atoms with van der Waals surface area (Å²) < 4.78 is 6.90. The molecule has 2 heterocycles. The first-order chi connectivity index (χ1) is 14.0. The van der Waals surface area contributed by atoms with Crippen LogP contribution in [0.4, 0.5) is 0 Å². The van der Waals surface area contributed by atoms with Gasteiger partial charge in [0, 0.05) is 23.7 Å². The molecule has 3 aromatic rings. The van der Waals surface area contributed by atoms with Crippen molar-refractivity contribution in [1.82, 2.24) is 30.3 Å². The van der Waals surface area contributed by atoms with Gasteiger partial charge in [0.05, 0.1) is 18.5 Å². The highest BCUT2D eigenvalue weighted by Gasteiger charge is 2.21. The van der Waals surface area contributed by atoms with E-state index >= 15 is 0 Å². The van der Waals surface area contributed by atoms with Crippen molar-refractivity contribution in [2.75, 3.05) is 13.7 Å². The molecule has 2 aromatic heterocycles. The van der Waals surface area contributed by atoms with Crippen LogP contribution in [0.2, 0.25) is 0 Å². The second-order valence-corrected chi connectivity index (χ2v) is 7.41. The molecule has 0 aliphatic carbocycles. The lowest BCUT2D eigenvalue weighted by atomic mass is 10.2. The van der Waals surface area contributed by atoms with E-state index in [9.17, 15) is 4.79 Å². The Balaban J connectivity index is 1.93. The lowest BCUT2D eigenvalue weighted by molar-refractivity contribution is 0.0948. The van der Waals surface area contributed by atoms with Crippen LogP contribution in [-0.2, 0) is 5.75 Å². The van der Waals surface area contributed by atoms with Crippen molar-refractivity contribution in [2.24, 2.45) is 0 Å². The van der Waals surface area contributed by atoms with Gasteiger partial charge in [0.25, 0.3) is 5.91 Å². The Morgan fingerprint density at radius 1 is 1.17 bits per heavy atom. The van der Waals surface area contributed by atoms with Crippen molar-refractivity contribution < 1.29 is 9.53 Å². The molecule has 0 fully saturated rings. The van der Waals surface area contributed by atoms with Crippen LogP contribution in [0.1, 0.15) is 40.9 Å². The number of nitrogens with one attached hydrogen (secondary N) is 1. The van der Waals surface area contributed by atoms with Gasteiger partial charge in [-0.2, -0.15) is 0 Å². The largest absolute Gasteiger partial charge is 0.497 e. The van der Waals surface area contributed by atoms with Gasteiger partial charge in [-0.3, -0.25) is 4.79 Å². The van der Waals surface area contributed by atoms with Crippen LogP contribution < -0.4 is 10.1 Å². The minimum Gasteiger partial charge on any atom is -0.497 e. The number of rotatable bonds is 8. The number of benzene rings is 1. The first kappa shape index (κ1) is 20.8. The Labute approximate surface area is 174 Å². The highest BCUT2D eigenvalue weighted by atomic mass is 32.2. The van der Waals surface area contributed by atoms with E-state index in [2.05, 4.69) is 25.6 Å². The summed E-state index contributed by atoms with van der Waals surface area (Å²) in [7, 11) is 1.62. The molecular weight excluding hydrogens is 388 g/mol. The molecule has 8 nitrogen and oxygen atoms in total. The molecule has 9 heteroatoms. The third kappa shape index (κ3) is 5.11. The number of amides is 1. The molecule has 152 valence electrons.